The maximum Gasteiger partial charge on any atom is 0.267 e. The van der Waals surface area contributed by atoms with E-state index in [1.807, 2.05) is 18.2 Å². The highest BCUT2D eigenvalue weighted by atomic mass is 32.2. The van der Waals surface area contributed by atoms with Gasteiger partial charge in [-0.25, -0.2) is 0 Å². The fourth-order valence-electron chi connectivity index (χ4n) is 3.50. The van der Waals surface area contributed by atoms with Crippen molar-refractivity contribution in [2.75, 3.05) is 20.8 Å². The number of aromatic hydroxyl groups is 1. The fourth-order valence-corrected chi connectivity index (χ4v) is 4.44. The zero-order valence-electron chi connectivity index (χ0n) is 21.6. The molecule has 198 valence electrons. The second-order valence-electron chi connectivity index (χ2n) is 8.75. The summed E-state index contributed by atoms with van der Waals surface area (Å²) in [5.74, 6) is 2.38. The van der Waals surface area contributed by atoms with Gasteiger partial charge in [-0.3, -0.25) is 9.69 Å². The summed E-state index contributed by atoms with van der Waals surface area (Å²) in [7, 11) is 3.06. The average molecular weight is 536 g/mol. The number of phenolic OH excluding ortho intramolecular Hbond substituents is 1. The maximum atomic E-state index is 13.4. The third-order valence-corrected chi connectivity index (χ3v) is 6.39. The van der Waals surface area contributed by atoms with E-state index in [2.05, 4.69) is 24.1 Å². The summed E-state index contributed by atoms with van der Waals surface area (Å²) in [4.78, 5) is 15.4. The average Bonchev–Trinajstić information content (AvgIpc) is 3.53. The van der Waals surface area contributed by atoms with E-state index < -0.39 is 0 Å². The van der Waals surface area contributed by atoms with Crippen LogP contribution < -0.4 is 14.2 Å². The number of hydrogen-bond donors (Lipinski definition) is 1. The second kappa shape index (κ2) is 12.4. The van der Waals surface area contributed by atoms with Gasteiger partial charge in [0.05, 0.1) is 44.8 Å². The van der Waals surface area contributed by atoms with Crippen molar-refractivity contribution in [3.63, 3.8) is 0 Å². The summed E-state index contributed by atoms with van der Waals surface area (Å²) in [6.45, 7) is 4.94. The lowest BCUT2D eigenvalue weighted by molar-refractivity contribution is -0.122. The Hall–Kier alpha value is -4.18. The monoisotopic (exact) mass is 535 g/mol. The third-order valence-electron chi connectivity index (χ3n) is 5.39. The summed E-state index contributed by atoms with van der Waals surface area (Å²) in [6, 6.07) is 13.9. The number of methoxy groups -OCH3 is 2. The first-order chi connectivity index (χ1) is 18.4. The first-order valence-corrected chi connectivity index (χ1v) is 12.7. The predicted molar refractivity (Wildman–Crippen MR) is 148 cm³/mol. The summed E-state index contributed by atoms with van der Waals surface area (Å²) in [6.07, 6.45) is 4.86. The molecule has 2 heterocycles. The van der Waals surface area contributed by atoms with E-state index >= 15 is 0 Å². The van der Waals surface area contributed by atoms with Crippen molar-refractivity contribution in [2.45, 2.75) is 20.4 Å². The molecule has 0 atom stereocenters. The van der Waals surface area contributed by atoms with Gasteiger partial charge < -0.3 is 23.7 Å². The van der Waals surface area contributed by atoms with Gasteiger partial charge in [-0.2, -0.15) is 5.10 Å². The molecule has 1 aliphatic heterocycles. The highest BCUT2D eigenvalue weighted by molar-refractivity contribution is 8.18. The Morgan fingerprint density at radius 2 is 1.82 bits per heavy atom. The quantitative estimate of drug-likeness (QED) is 0.206. The van der Waals surface area contributed by atoms with E-state index in [1.165, 1.54) is 36.1 Å². The lowest BCUT2D eigenvalue weighted by atomic mass is 10.1. The molecule has 1 aromatic heterocycles. The van der Waals surface area contributed by atoms with Gasteiger partial charge >= 0.3 is 0 Å². The second-order valence-corrected chi connectivity index (χ2v) is 9.76. The number of hydrogen-bond acceptors (Lipinski definition) is 9. The van der Waals surface area contributed by atoms with Crippen LogP contribution in [0.5, 0.6) is 23.0 Å². The van der Waals surface area contributed by atoms with Crippen LogP contribution in [-0.2, 0) is 11.3 Å². The van der Waals surface area contributed by atoms with Gasteiger partial charge in [0.25, 0.3) is 5.91 Å². The highest BCUT2D eigenvalue weighted by Gasteiger charge is 2.34. The fraction of sp³-hybridized carbons (Fsp3) is 0.250. The van der Waals surface area contributed by atoms with E-state index in [0.717, 1.165) is 5.56 Å². The summed E-state index contributed by atoms with van der Waals surface area (Å²) in [5.41, 5.74) is 1.46. The van der Waals surface area contributed by atoms with Crippen LogP contribution >= 0.6 is 11.8 Å². The topological polar surface area (TPSA) is 106 Å². The lowest BCUT2D eigenvalue weighted by Crippen LogP contribution is -2.28. The van der Waals surface area contributed by atoms with Gasteiger partial charge in [-0.15, -0.1) is 5.10 Å². The molecule has 0 spiro atoms. The van der Waals surface area contributed by atoms with Gasteiger partial charge in [0.1, 0.15) is 5.76 Å². The van der Waals surface area contributed by atoms with E-state index in [4.69, 9.17) is 18.6 Å². The molecule has 2 aromatic carbocycles. The SMILES string of the molecule is COc1cc(/C=N/N=C2\S/C(=C\c3ccc(OCC(C)C)c(OC)c3)C(=O)N2Cc2ccco2)ccc1O. The zero-order chi connectivity index (χ0) is 27.1. The van der Waals surface area contributed by atoms with Crippen molar-refractivity contribution < 1.29 is 28.5 Å². The number of thioether (sulfide) groups is 1. The van der Waals surface area contributed by atoms with E-state index in [0.29, 0.717) is 51.2 Å². The smallest absolute Gasteiger partial charge is 0.267 e. The number of amidine groups is 1. The van der Waals surface area contributed by atoms with Crippen LogP contribution in [0.4, 0.5) is 0 Å². The number of nitrogens with zero attached hydrogens (tertiary/aromatic N) is 3. The lowest BCUT2D eigenvalue weighted by Gasteiger charge is -2.13. The molecule has 0 bridgehead atoms. The molecule has 10 heteroatoms. The summed E-state index contributed by atoms with van der Waals surface area (Å²) in [5, 5.41) is 18.7. The molecular weight excluding hydrogens is 506 g/mol. The Morgan fingerprint density at radius 3 is 2.53 bits per heavy atom. The molecule has 0 radical (unpaired) electrons. The maximum absolute atomic E-state index is 13.4. The number of carbonyl (C=O) groups is 1. The van der Waals surface area contributed by atoms with Crippen molar-refractivity contribution in [3.8, 4) is 23.0 Å². The summed E-state index contributed by atoms with van der Waals surface area (Å²) >= 11 is 1.22. The number of benzene rings is 2. The first kappa shape index (κ1) is 26.9. The third kappa shape index (κ3) is 6.57. The number of furan rings is 1. The Bertz CT molecular complexity index is 1360. The van der Waals surface area contributed by atoms with Gasteiger partial charge in [0.15, 0.2) is 28.2 Å². The van der Waals surface area contributed by atoms with Crippen molar-refractivity contribution in [3.05, 3.63) is 76.6 Å². The van der Waals surface area contributed by atoms with Gasteiger partial charge in [-0.05, 0) is 77.3 Å². The largest absolute Gasteiger partial charge is 0.504 e. The van der Waals surface area contributed by atoms with E-state index in [9.17, 15) is 9.90 Å². The summed E-state index contributed by atoms with van der Waals surface area (Å²) < 4.78 is 21.9. The Kier molecular flexibility index (Phi) is 8.75. The number of phenols is 1. The molecular formula is C28H29N3O6S. The van der Waals surface area contributed by atoms with Gasteiger partial charge in [0.2, 0.25) is 0 Å². The van der Waals surface area contributed by atoms with Gasteiger partial charge in [-0.1, -0.05) is 19.9 Å². The minimum Gasteiger partial charge on any atom is -0.504 e. The molecule has 0 unspecified atom stereocenters. The predicted octanol–water partition coefficient (Wildman–Crippen LogP) is 5.54. The van der Waals surface area contributed by atoms with Crippen LogP contribution in [0, 0.1) is 5.92 Å². The minimum absolute atomic E-state index is 0.0310. The molecule has 1 saturated heterocycles. The Balaban J connectivity index is 1.60. The van der Waals surface area contributed by atoms with Crippen LogP contribution in [0.2, 0.25) is 0 Å². The van der Waals surface area contributed by atoms with Crippen LogP contribution in [0.15, 0.2) is 74.3 Å². The molecule has 1 N–H and O–H groups in total. The van der Waals surface area contributed by atoms with Crippen molar-refractivity contribution in [2.24, 2.45) is 16.1 Å². The highest BCUT2D eigenvalue weighted by Crippen LogP contribution is 2.36. The number of amides is 1. The Labute approximate surface area is 225 Å². The van der Waals surface area contributed by atoms with Crippen LogP contribution in [0.25, 0.3) is 6.08 Å². The molecule has 1 fully saturated rings. The zero-order valence-corrected chi connectivity index (χ0v) is 22.4. The number of rotatable bonds is 10. The molecule has 38 heavy (non-hydrogen) atoms. The molecule has 3 aromatic rings. The molecule has 1 amide bonds. The first-order valence-electron chi connectivity index (χ1n) is 11.9. The standard InChI is InChI=1S/C28H29N3O6S/c1-18(2)17-37-23-10-8-19(12-25(23)35-4)14-26-27(33)31(16-21-6-5-11-36-21)28(38-26)30-29-15-20-7-9-22(32)24(13-20)34-3/h5-15,18,32H,16-17H2,1-4H3/b26-14-,29-15+,30-28-. The van der Waals surface area contributed by atoms with Gasteiger partial charge in [0, 0.05) is 0 Å². The number of carbonyl (C=O) groups excluding carboxylic acids is 1. The van der Waals surface area contributed by atoms with Crippen molar-refractivity contribution in [1.29, 1.82) is 0 Å². The van der Waals surface area contributed by atoms with E-state index in [1.54, 1.807) is 43.7 Å². The molecule has 4 rings (SSSR count). The molecule has 0 saturated carbocycles. The Morgan fingerprint density at radius 1 is 1.05 bits per heavy atom. The minimum atomic E-state index is -0.217. The van der Waals surface area contributed by atoms with Crippen molar-refractivity contribution in [1.82, 2.24) is 4.90 Å². The van der Waals surface area contributed by atoms with E-state index in [-0.39, 0.29) is 18.2 Å². The van der Waals surface area contributed by atoms with Crippen LogP contribution in [0.3, 0.4) is 0 Å². The van der Waals surface area contributed by atoms with Crippen LogP contribution in [-0.4, -0.2) is 48.1 Å². The van der Waals surface area contributed by atoms with Crippen molar-refractivity contribution >= 4 is 35.1 Å². The normalized spacial score (nSPS) is 15.8. The van der Waals surface area contributed by atoms with Crippen LogP contribution in [0.1, 0.15) is 30.7 Å². The molecule has 0 aliphatic carbocycles. The number of ether oxygens (including phenoxy) is 3. The molecule has 1 aliphatic rings. The molecule has 9 nitrogen and oxygen atoms in total.